The molecular formula is C12H20N2O4. The Balaban J connectivity index is 2.87. The summed E-state index contributed by atoms with van der Waals surface area (Å²) in [6.07, 6.45) is 0.440. The van der Waals surface area contributed by atoms with Crippen molar-refractivity contribution >= 4 is 17.8 Å². The molecule has 18 heavy (non-hydrogen) atoms. The third-order valence-electron chi connectivity index (χ3n) is 2.87. The van der Waals surface area contributed by atoms with Gasteiger partial charge in [0.25, 0.3) is 0 Å². The molecule has 6 heteroatoms. The molecule has 0 spiro atoms. The summed E-state index contributed by atoms with van der Waals surface area (Å²) in [5.41, 5.74) is -1.07. The van der Waals surface area contributed by atoms with Crippen molar-refractivity contribution in [2.45, 2.75) is 45.2 Å². The molecule has 0 aliphatic carbocycles. The number of rotatable bonds is 5. The van der Waals surface area contributed by atoms with Crippen molar-refractivity contribution in [3.05, 3.63) is 0 Å². The molecule has 1 N–H and O–H groups in total. The van der Waals surface area contributed by atoms with Crippen LogP contribution in [0, 0.1) is 0 Å². The van der Waals surface area contributed by atoms with Crippen LogP contribution in [-0.4, -0.2) is 47.9 Å². The molecule has 102 valence electrons. The Labute approximate surface area is 107 Å². The van der Waals surface area contributed by atoms with Gasteiger partial charge >= 0.3 is 5.97 Å². The molecular weight excluding hydrogens is 236 g/mol. The van der Waals surface area contributed by atoms with E-state index in [1.54, 1.807) is 6.92 Å². The van der Waals surface area contributed by atoms with E-state index in [9.17, 15) is 14.4 Å². The first kappa shape index (κ1) is 14.6. The minimum atomic E-state index is -1.07. The molecule has 1 aliphatic heterocycles. The number of esters is 1. The smallest absolute Gasteiger partial charge is 0.327 e. The fraction of sp³-hybridized carbons (Fsp3) is 0.750. The Morgan fingerprint density at radius 3 is 2.28 bits per heavy atom. The first-order valence-electron chi connectivity index (χ1n) is 5.99. The summed E-state index contributed by atoms with van der Waals surface area (Å²) in [5.74, 6) is -0.954. The molecule has 0 saturated carbocycles. The zero-order valence-electron chi connectivity index (χ0n) is 11.3. The molecule has 0 bridgehead atoms. The molecule has 6 nitrogen and oxygen atoms in total. The predicted octanol–water partition coefficient (Wildman–Crippen LogP) is 0.0651. The van der Waals surface area contributed by atoms with Crippen molar-refractivity contribution in [3.8, 4) is 0 Å². The number of ether oxygens (including phenoxy) is 1. The first-order valence-corrected chi connectivity index (χ1v) is 5.99. The van der Waals surface area contributed by atoms with Crippen molar-refractivity contribution in [3.63, 3.8) is 0 Å². The average Bonchev–Trinajstić information content (AvgIpc) is 2.58. The number of nitrogens with zero attached hydrogens (tertiary/aromatic N) is 1. The molecule has 1 saturated heterocycles. The van der Waals surface area contributed by atoms with Gasteiger partial charge in [-0.25, -0.2) is 4.79 Å². The number of imide groups is 1. The van der Waals surface area contributed by atoms with Crippen LogP contribution >= 0.6 is 0 Å². The standard InChI is InChI=1S/C12H20N2O4/c1-8(2)13-12(3,11(17)18-4)7-14-9(15)5-6-10(14)16/h8,13H,5-7H2,1-4H3. The molecule has 1 unspecified atom stereocenters. The normalized spacial score (nSPS) is 19.3. The minimum Gasteiger partial charge on any atom is -0.468 e. The van der Waals surface area contributed by atoms with Crippen molar-refractivity contribution in [1.29, 1.82) is 0 Å². The zero-order chi connectivity index (χ0) is 13.9. The van der Waals surface area contributed by atoms with Gasteiger partial charge in [-0.3, -0.25) is 19.8 Å². The van der Waals surface area contributed by atoms with Crippen LogP contribution in [0.1, 0.15) is 33.6 Å². The molecule has 2 amide bonds. The zero-order valence-corrected chi connectivity index (χ0v) is 11.3. The topological polar surface area (TPSA) is 75.7 Å². The molecule has 0 aromatic rings. The fourth-order valence-electron chi connectivity index (χ4n) is 2.15. The van der Waals surface area contributed by atoms with Crippen LogP contribution in [0.3, 0.4) is 0 Å². The lowest BCUT2D eigenvalue weighted by atomic mass is 10.0. The lowest BCUT2D eigenvalue weighted by molar-refractivity contribution is -0.151. The summed E-state index contributed by atoms with van der Waals surface area (Å²) in [6, 6.07) is 0.0295. The van der Waals surface area contributed by atoms with E-state index in [2.05, 4.69) is 5.32 Å². The Morgan fingerprint density at radius 1 is 1.39 bits per heavy atom. The van der Waals surface area contributed by atoms with Crippen LogP contribution in [0.2, 0.25) is 0 Å². The third kappa shape index (κ3) is 3.07. The molecule has 1 atom stereocenters. The maximum Gasteiger partial charge on any atom is 0.327 e. The first-order chi connectivity index (χ1) is 8.30. The Bertz CT molecular complexity index is 351. The molecule has 0 aromatic heterocycles. The van der Waals surface area contributed by atoms with Gasteiger partial charge in [0.15, 0.2) is 0 Å². The van der Waals surface area contributed by atoms with Gasteiger partial charge in [0.2, 0.25) is 11.8 Å². The van der Waals surface area contributed by atoms with Crippen LogP contribution in [-0.2, 0) is 19.1 Å². The van der Waals surface area contributed by atoms with E-state index >= 15 is 0 Å². The van der Waals surface area contributed by atoms with Crippen molar-refractivity contribution in [2.75, 3.05) is 13.7 Å². The number of carbonyl (C=O) groups is 3. The number of amides is 2. The molecule has 1 aliphatic rings. The molecule has 1 heterocycles. The van der Waals surface area contributed by atoms with Crippen LogP contribution in [0.5, 0.6) is 0 Å². The molecule has 0 aromatic carbocycles. The van der Waals surface area contributed by atoms with Gasteiger partial charge in [0, 0.05) is 18.9 Å². The second-order valence-electron chi connectivity index (χ2n) is 5.00. The summed E-state index contributed by atoms with van der Waals surface area (Å²) in [6.45, 7) is 5.41. The third-order valence-corrected chi connectivity index (χ3v) is 2.87. The fourth-order valence-corrected chi connectivity index (χ4v) is 2.15. The quantitative estimate of drug-likeness (QED) is 0.556. The van der Waals surface area contributed by atoms with E-state index < -0.39 is 11.5 Å². The largest absolute Gasteiger partial charge is 0.468 e. The highest BCUT2D eigenvalue weighted by molar-refractivity contribution is 6.02. The number of carbonyl (C=O) groups excluding carboxylic acids is 3. The van der Waals surface area contributed by atoms with Gasteiger partial charge in [-0.05, 0) is 20.8 Å². The van der Waals surface area contributed by atoms with Crippen LogP contribution in [0.4, 0.5) is 0 Å². The predicted molar refractivity (Wildman–Crippen MR) is 64.6 cm³/mol. The number of hydrogen-bond acceptors (Lipinski definition) is 5. The van der Waals surface area contributed by atoms with E-state index in [1.165, 1.54) is 7.11 Å². The number of hydrogen-bond donors (Lipinski definition) is 1. The van der Waals surface area contributed by atoms with Crippen molar-refractivity contribution in [2.24, 2.45) is 0 Å². The Kier molecular flexibility index (Phi) is 4.45. The maximum atomic E-state index is 11.8. The van der Waals surface area contributed by atoms with E-state index in [-0.39, 0.29) is 37.2 Å². The maximum absolute atomic E-state index is 11.8. The Morgan fingerprint density at radius 2 is 1.89 bits per heavy atom. The summed E-state index contributed by atoms with van der Waals surface area (Å²) >= 11 is 0. The van der Waals surface area contributed by atoms with E-state index in [0.29, 0.717) is 0 Å². The van der Waals surface area contributed by atoms with E-state index in [4.69, 9.17) is 4.74 Å². The average molecular weight is 256 g/mol. The highest BCUT2D eigenvalue weighted by atomic mass is 16.5. The van der Waals surface area contributed by atoms with Gasteiger partial charge in [-0.1, -0.05) is 0 Å². The van der Waals surface area contributed by atoms with Gasteiger partial charge in [-0.2, -0.15) is 0 Å². The lowest BCUT2D eigenvalue weighted by Crippen LogP contribution is -2.60. The second kappa shape index (κ2) is 5.48. The highest BCUT2D eigenvalue weighted by Gasteiger charge is 2.41. The number of likely N-dealkylation sites (tertiary alicyclic amines) is 1. The van der Waals surface area contributed by atoms with Crippen LogP contribution in [0.15, 0.2) is 0 Å². The summed E-state index contributed by atoms with van der Waals surface area (Å²) in [7, 11) is 1.29. The summed E-state index contributed by atoms with van der Waals surface area (Å²) in [4.78, 5) is 36.1. The second-order valence-corrected chi connectivity index (χ2v) is 5.00. The van der Waals surface area contributed by atoms with Crippen molar-refractivity contribution < 1.29 is 19.1 Å². The SMILES string of the molecule is COC(=O)C(C)(CN1C(=O)CCC1=O)NC(C)C. The van der Waals surface area contributed by atoms with Crippen molar-refractivity contribution in [1.82, 2.24) is 10.2 Å². The highest BCUT2D eigenvalue weighted by Crippen LogP contribution is 2.17. The molecule has 0 radical (unpaired) electrons. The summed E-state index contributed by atoms with van der Waals surface area (Å²) in [5, 5.41) is 3.05. The van der Waals surface area contributed by atoms with Gasteiger partial charge < -0.3 is 4.74 Å². The summed E-state index contributed by atoms with van der Waals surface area (Å²) < 4.78 is 4.75. The monoisotopic (exact) mass is 256 g/mol. The number of nitrogens with one attached hydrogen (secondary N) is 1. The molecule has 1 rings (SSSR count). The lowest BCUT2D eigenvalue weighted by Gasteiger charge is -2.33. The van der Waals surface area contributed by atoms with Crippen LogP contribution < -0.4 is 5.32 Å². The number of methoxy groups -OCH3 is 1. The Hall–Kier alpha value is -1.43. The minimum absolute atomic E-state index is 0.00944. The van der Waals surface area contributed by atoms with Gasteiger partial charge in [0.1, 0.15) is 5.54 Å². The van der Waals surface area contributed by atoms with Crippen LogP contribution in [0.25, 0.3) is 0 Å². The van der Waals surface area contributed by atoms with E-state index in [0.717, 1.165) is 4.90 Å². The van der Waals surface area contributed by atoms with E-state index in [1.807, 2.05) is 13.8 Å². The molecule has 1 fully saturated rings. The van der Waals surface area contributed by atoms with Gasteiger partial charge in [0.05, 0.1) is 13.7 Å². The van der Waals surface area contributed by atoms with Gasteiger partial charge in [-0.15, -0.1) is 0 Å².